The minimum absolute atomic E-state index is 0.295. The maximum Gasteiger partial charge on any atom is 0.151 e. The molecular weight excluding hydrogens is 217 g/mol. The van der Waals surface area contributed by atoms with Gasteiger partial charge in [-0.05, 0) is 23.8 Å². The average Bonchev–Trinajstić information content (AvgIpc) is 2.74. The van der Waals surface area contributed by atoms with Gasteiger partial charge in [-0.15, -0.1) is 0 Å². The third-order valence-electron chi connectivity index (χ3n) is 2.61. The predicted octanol–water partition coefficient (Wildman–Crippen LogP) is 2.69. The number of pyridine rings is 1. The highest BCUT2D eigenvalue weighted by atomic mass is 19.1. The Labute approximate surface area is 97.3 Å². The van der Waals surface area contributed by atoms with Gasteiger partial charge in [0.15, 0.2) is 5.82 Å². The van der Waals surface area contributed by atoms with E-state index in [1.807, 2.05) is 18.2 Å². The lowest BCUT2D eigenvalue weighted by atomic mass is 10.2. The van der Waals surface area contributed by atoms with E-state index in [-0.39, 0.29) is 5.82 Å². The zero-order valence-electron chi connectivity index (χ0n) is 9.02. The van der Waals surface area contributed by atoms with E-state index in [9.17, 15) is 4.39 Å². The number of para-hydroxylation sites is 1. The molecule has 0 aliphatic heterocycles. The number of hydrogen-bond acceptors (Lipinski definition) is 2. The predicted molar refractivity (Wildman–Crippen MR) is 63.1 cm³/mol. The minimum atomic E-state index is -0.295. The van der Waals surface area contributed by atoms with Crippen LogP contribution in [0.1, 0.15) is 11.4 Å². The summed E-state index contributed by atoms with van der Waals surface area (Å²) in [4.78, 5) is 11.4. The molecule has 17 heavy (non-hydrogen) atoms. The summed E-state index contributed by atoms with van der Waals surface area (Å²) >= 11 is 0. The molecule has 2 heterocycles. The molecule has 0 radical (unpaired) electrons. The SMILES string of the molecule is Fc1cccc2[nH]c(Cc3cccnc3)nc12. The van der Waals surface area contributed by atoms with Crippen LogP contribution in [0.5, 0.6) is 0 Å². The standard InChI is InChI=1S/C13H10FN3/c14-10-4-1-5-11-13(10)17-12(16-11)7-9-3-2-6-15-8-9/h1-6,8H,7H2,(H,16,17). The van der Waals surface area contributed by atoms with Crippen molar-refractivity contribution in [1.82, 2.24) is 15.0 Å². The molecule has 0 atom stereocenters. The third-order valence-corrected chi connectivity index (χ3v) is 2.61. The van der Waals surface area contributed by atoms with Crippen LogP contribution >= 0.6 is 0 Å². The van der Waals surface area contributed by atoms with Crippen LogP contribution < -0.4 is 0 Å². The van der Waals surface area contributed by atoms with Crippen LogP contribution in [0.4, 0.5) is 4.39 Å². The van der Waals surface area contributed by atoms with Crippen molar-refractivity contribution in [2.75, 3.05) is 0 Å². The quantitative estimate of drug-likeness (QED) is 0.731. The van der Waals surface area contributed by atoms with Crippen molar-refractivity contribution < 1.29 is 4.39 Å². The molecule has 0 unspecified atom stereocenters. The van der Waals surface area contributed by atoms with E-state index >= 15 is 0 Å². The zero-order chi connectivity index (χ0) is 11.7. The van der Waals surface area contributed by atoms with Crippen molar-refractivity contribution >= 4 is 11.0 Å². The number of aromatic amines is 1. The Kier molecular flexibility index (Phi) is 2.33. The van der Waals surface area contributed by atoms with E-state index < -0.39 is 0 Å². The van der Waals surface area contributed by atoms with E-state index in [2.05, 4.69) is 15.0 Å². The van der Waals surface area contributed by atoms with Gasteiger partial charge in [-0.1, -0.05) is 12.1 Å². The van der Waals surface area contributed by atoms with Gasteiger partial charge in [0.05, 0.1) is 5.52 Å². The zero-order valence-corrected chi connectivity index (χ0v) is 9.02. The number of nitrogens with zero attached hydrogens (tertiary/aromatic N) is 2. The van der Waals surface area contributed by atoms with Gasteiger partial charge < -0.3 is 4.98 Å². The van der Waals surface area contributed by atoms with Gasteiger partial charge in [-0.25, -0.2) is 9.37 Å². The number of imidazole rings is 1. The molecule has 3 rings (SSSR count). The molecule has 0 saturated heterocycles. The molecule has 3 nitrogen and oxygen atoms in total. The van der Waals surface area contributed by atoms with Gasteiger partial charge in [-0.3, -0.25) is 4.98 Å². The summed E-state index contributed by atoms with van der Waals surface area (Å²) < 4.78 is 13.4. The van der Waals surface area contributed by atoms with Crippen LogP contribution in [0.25, 0.3) is 11.0 Å². The Morgan fingerprint density at radius 2 is 2.12 bits per heavy atom. The number of rotatable bonds is 2. The monoisotopic (exact) mass is 227 g/mol. The molecule has 84 valence electrons. The summed E-state index contributed by atoms with van der Waals surface area (Å²) in [5.41, 5.74) is 2.17. The van der Waals surface area contributed by atoms with Gasteiger partial charge in [0, 0.05) is 18.8 Å². The fourth-order valence-electron chi connectivity index (χ4n) is 1.83. The number of halogens is 1. The molecule has 1 aromatic carbocycles. The molecule has 2 aromatic heterocycles. The third kappa shape index (κ3) is 1.89. The molecule has 0 aliphatic carbocycles. The fourth-order valence-corrected chi connectivity index (χ4v) is 1.83. The first kappa shape index (κ1) is 9.96. The first-order chi connectivity index (χ1) is 8.33. The molecule has 0 aliphatic rings. The largest absolute Gasteiger partial charge is 0.342 e. The molecule has 0 bridgehead atoms. The van der Waals surface area contributed by atoms with Crippen molar-refractivity contribution in [3.8, 4) is 0 Å². The smallest absolute Gasteiger partial charge is 0.151 e. The van der Waals surface area contributed by atoms with Gasteiger partial charge in [0.25, 0.3) is 0 Å². The first-order valence-electron chi connectivity index (χ1n) is 5.35. The Bertz CT molecular complexity index is 646. The van der Waals surface area contributed by atoms with Gasteiger partial charge in [0.2, 0.25) is 0 Å². The summed E-state index contributed by atoms with van der Waals surface area (Å²) in [5, 5.41) is 0. The Balaban J connectivity index is 1.99. The lowest BCUT2D eigenvalue weighted by Gasteiger charge is -1.95. The lowest BCUT2D eigenvalue weighted by Crippen LogP contribution is -1.90. The summed E-state index contributed by atoms with van der Waals surface area (Å²) in [7, 11) is 0. The number of aromatic nitrogens is 3. The molecular formula is C13H10FN3. The number of benzene rings is 1. The lowest BCUT2D eigenvalue weighted by molar-refractivity contribution is 0.637. The first-order valence-corrected chi connectivity index (χ1v) is 5.35. The molecule has 0 amide bonds. The van der Waals surface area contributed by atoms with Crippen molar-refractivity contribution in [3.05, 3.63) is 59.9 Å². The van der Waals surface area contributed by atoms with Crippen molar-refractivity contribution in [2.24, 2.45) is 0 Å². The van der Waals surface area contributed by atoms with Crippen LogP contribution in [-0.4, -0.2) is 15.0 Å². The highest BCUT2D eigenvalue weighted by Crippen LogP contribution is 2.16. The molecule has 0 fully saturated rings. The maximum atomic E-state index is 13.4. The van der Waals surface area contributed by atoms with Crippen molar-refractivity contribution in [3.63, 3.8) is 0 Å². The van der Waals surface area contributed by atoms with Gasteiger partial charge in [0.1, 0.15) is 11.3 Å². The van der Waals surface area contributed by atoms with Crippen LogP contribution in [0, 0.1) is 5.82 Å². The molecule has 3 aromatic rings. The normalized spacial score (nSPS) is 10.9. The Morgan fingerprint density at radius 1 is 1.18 bits per heavy atom. The molecule has 0 saturated carbocycles. The van der Waals surface area contributed by atoms with E-state index in [0.717, 1.165) is 16.9 Å². The van der Waals surface area contributed by atoms with E-state index in [4.69, 9.17) is 0 Å². The summed E-state index contributed by atoms with van der Waals surface area (Å²) in [6.07, 6.45) is 4.13. The summed E-state index contributed by atoms with van der Waals surface area (Å²) in [6, 6.07) is 8.74. The topological polar surface area (TPSA) is 41.6 Å². The number of H-pyrrole nitrogens is 1. The van der Waals surface area contributed by atoms with Crippen LogP contribution in [0.2, 0.25) is 0 Å². The van der Waals surface area contributed by atoms with Crippen LogP contribution in [0.15, 0.2) is 42.7 Å². The Hall–Kier alpha value is -2.23. The van der Waals surface area contributed by atoms with Crippen molar-refractivity contribution in [1.29, 1.82) is 0 Å². The maximum absolute atomic E-state index is 13.4. The summed E-state index contributed by atoms with van der Waals surface area (Å²) in [6.45, 7) is 0. The number of nitrogens with one attached hydrogen (secondary N) is 1. The van der Waals surface area contributed by atoms with Crippen LogP contribution in [-0.2, 0) is 6.42 Å². The van der Waals surface area contributed by atoms with E-state index in [1.54, 1.807) is 18.5 Å². The highest BCUT2D eigenvalue weighted by molar-refractivity contribution is 5.75. The highest BCUT2D eigenvalue weighted by Gasteiger charge is 2.07. The minimum Gasteiger partial charge on any atom is -0.342 e. The van der Waals surface area contributed by atoms with Gasteiger partial charge >= 0.3 is 0 Å². The second kappa shape index (κ2) is 3.97. The summed E-state index contributed by atoms with van der Waals surface area (Å²) in [5.74, 6) is 0.453. The molecule has 0 spiro atoms. The Morgan fingerprint density at radius 3 is 2.88 bits per heavy atom. The fraction of sp³-hybridized carbons (Fsp3) is 0.0769. The van der Waals surface area contributed by atoms with Crippen LogP contribution in [0.3, 0.4) is 0 Å². The molecule has 1 N–H and O–H groups in total. The van der Waals surface area contributed by atoms with E-state index in [1.165, 1.54) is 6.07 Å². The van der Waals surface area contributed by atoms with Gasteiger partial charge in [-0.2, -0.15) is 0 Å². The average molecular weight is 227 g/mol. The molecule has 4 heteroatoms. The van der Waals surface area contributed by atoms with E-state index in [0.29, 0.717) is 11.9 Å². The second-order valence-electron chi connectivity index (χ2n) is 3.86. The number of fused-ring (bicyclic) bond motifs is 1. The second-order valence-corrected chi connectivity index (χ2v) is 3.86. The number of hydrogen-bond donors (Lipinski definition) is 1. The van der Waals surface area contributed by atoms with Crippen molar-refractivity contribution in [2.45, 2.75) is 6.42 Å².